The van der Waals surface area contributed by atoms with Crippen molar-refractivity contribution in [2.75, 3.05) is 27.9 Å². The molecule has 3 atom stereocenters. The average Bonchev–Trinajstić information content (AvgIpc) is 2.73. The fourth-order valence-electron chi connectivity index (χ4n) is 2.43. The lowest BCUT2D eigenvalue weighted by molar-refractivity contribution is -0.148. The van der Waals surface area contributed by atoms with Crippen LogP contribution in [0.5, 0.6) is 0 Å². The smallest absolute Gasteiger partial charge is 0.326 e. The quantitative estimate of drug-likeness (QED) is 0.699. The van der Waals surface area contributed by atoms with Crippen LogP contribution in [-0.2, 0) is 19.0 Å². The van der Waals surface area contributed by atoms with Crippen molar-refractivity contribution in [1.82, 2.24) is 5.32 Å². The molecule has 1 fully saturated rings. The van der Waals surface area contributed by atoms with Gasteiger partial charge in [-0.2, -0.15) is 0 Å². The lowest BCUT2D eigenvalue weighted by Crippen LogP contribution is -2.49. The lowest BCUT2D eigenvalue weighted by atomic mass is 9.98. The van der Waals surface area contributed by atoms with E-state index >= 15 is 0 Å². The van der Waals surface area contributed by atoms with Gasteiger partial charge in [0, 0.05) is 13.5 Å². The van der Waals surface area contributed by atoms with Crippen molar-refractivity contribution < 1.29 is 19.0 Å². The van der Waals surface area contributed by atoms with Crippen molar-refractivity contribution in [3.05, 3.63) is 0 Å². The van der Waals surface area contributed by atoms with Gasteiger partial charge in [0.1, 0.15) is 5.54 Å². The number of esters is 1. The van der Waals surface area contributed by atoms with Gasteiger partial charge in [-0.05, 0) is 26.8 Å². The van der Waals surface area contributed by atoms with Gasteiger partial charge in [0.2, 0.25) is 0 Å². The van der Waals surface area contributed by atoms with Crippen LogP contribution in [0.3, 0.4) is 0 Å². The third-order valence-corrected chi connectivity index (χ3v) is 3.35. The number of ether oxygens (including phenoxy) is 3. The normalized spacial score (nSPS) is 30.2. The molecule has 0 bridgehead atoms. The number of methoxy groups -OCH3 is 2. The molecule has 0 amide bonds. The van der Waals surface area contributed by atoms with Crippen LogP contribution in [0, 0.1) is 0 Å². The van der Waals surface area contributed by atoms with E-state index in [-0.39, 0.29) is 18.2 Å². The number of carbonyl (C=O) groups is 1. The number of nitrogens with one attached hydrogen (secondary N) is 1. The largest absolute Gasteiger partial charge is 0.468 e. The highest BCUT2D eigenvalue weighted by molar-refractivity contribution is 5.81. The Labute approximate surface area is 103 Å². The first kappa shape index (κ1) is 14.4. The van der Waals surface area contributed by atoms with Gasteiger partial charge in [-0.15, -0.1) is 0 Å². The zero-order chi connectivity index (χ0) is 12.9. The van der Waals surface area contributed by atoms with E-state index in [1.807, 2.05) is 6.92 Å². The second-order valence-electron chi connectivity index (χ2n) is 4.59. The number of likely N-dealkylation sites (N-methyl/N-ethyl adjacent to an activating group) is 1. The molecule has 0 heterocycles. The summed E-state index contributed by atoms with van der Waals surface area (Å²) >= 11 is 0. The van der Waals surface area contributed by atoms with Gasteiger partial charge in [-0.3, -0.25) is 4.79 Å². The van der Waals surface area contributed by atoms with E-state index in [1.165, 1.54) is 7.11 Å². The second-order valence-corrected chi connectivity index (χ2v) is 4.59. The molecule has 0 spiro atoms. The van der Waals surface area contributed by atoms with Gasteiger partial charge in [-0.25, -0.2) is 0 Å². The predicted octanol–water partition coefficient (Wildman–Crippen LogP) is 0.722. The summed E-state index contributed by atoms with van der Waals surface area (Å²) < 4.78 is 15.7. The number of hydrogen-bond donors (Lipinski definition) is 1. The molecule has 3 unspecified atom stereocenters. The third kappa shape index (κ3) is 3.40. The van der Waals surface area contributed by atoms with Gasteiger partial charge < -0.3 is 19.5 Å². The van der Waals surface area contributed by atoms with Crippen LogP contribution in [0.2, 0.25) is 0 Å². The van der Waals surface area contributed by atoms with E-state index in [0.717, 1.165) is 12.8 Å². The summed E-state index contributed by atoms with van der Waals surface area (Å²) in [5.74, 6) is -0.203. The van der Waals surface area contributed by atoms with E-state index < -0.39 is 5.54 Å². The van der Waals surface area contributed by atoms with E-state index in [2.05, 4.69) is 5.32 Å². The molecule has 1 N–H and O–H groups in total. The Morgan fingerprint density at radius 3 is 2.76 bits per heavy atom. The van der Waals surface area contributed by atoms with Crippen LogP contribution in [0.25, 0.3) is 0 Å². The molecule has 0 aromatic rings. The molecular weight excluding hydrogens is 222 g/mol. The topological polar surface area (TPSA) is 56.8 Å². The molecule has 0 radical (unpaired) electrons. The van der Waals surface area contributed by atoms with Crippen LogP contribution in [0.1, 0.15) is 26.2 Å². The first-order valence-electron chi connectivity index (χ1n) is 5.99. The van der Waals surface area contributed by atoms with Crippen molar-refractivity contribution in [2.24, 2.45) is 0 Å². The van der Waals surface area contributed by atoms with E-state index in [0.29, 0.717) is 13.0 Å². The zero-order valence-corrected chi connectivity index (χ0v) is 11.1. The molecule has 5 nitrogen and oxygen atoms in total. The predicted molar refractivity (Wildman–Crippen MR) is 63.9 cm³/mol. The van der Waals surface area contributed by atoms with Gasteiger partial charge >= 0.3 is 5.97 Å². The van der Waals surface area contributed by atoms with Gasteiger partial charge in [-0.1, -0.05) is 0 Å². The number of rotatable bonds is 6. The summed E-state index contributed by atoms with van der Waals surface area (Å²) in [4.78, 5) is 11.8. The molecule has 1 saturated carbocycles. The lowest BCUT2D eigenvalue weighted by Gasteiger charge is -2.26. The maximum absolute atomic E-state index is 11.8. The van der Waals surface area contributed by atoms with Crippen molar-refractivity contribution >= 4 is 5.97 Å². The fraction of sp³-hybridized carbons (Fsp3) is 0.917. The summed E-state index contributed by atoms with van der Waals surface area (Å²) in [6, 6.07) is 0. The molecule has 0 aromatic heterocycles. The Hall–Kier alpha value is -0.650. The fourth-order valence-corrected chi connectivity index (χ4v) is 2.43. The van der Waals surface area contributed by atoms with Crippen LogP contribution in [-0.4, -0.2) is 51.6 Å². The molecule has 1 aliphatic rings. The van der Waals surface area contributed by atoms with E-state index in [1.54, 1.807) is 14.2 Å². The highest BCUT2D eigenvalue weighted by Gasteiger charge is 2.45. The summed E-state index contributed by atoms with van der Waals surface area (Å²) in [5.41, 5.74) is -0.577. The summed E-state index contributed by atoms with van der Waals surface area (Å²) in [5, 5.41) is 3.08. The van der Waals surface area contributed by atoms with Crippen molar-refractivity contribution in [2.45, 2.75) is 43.9 Å². The highest BCUT2D eigenvalue weighted by Crippen LogP contribution is 2.33. The number of hydrogen-bond acceptors (Lipinski definition) is 5. The third-order valence-electron chi connectivity index (χ3n) is 3.35. The SMILES string of the molecule is CNC1(C(=O)OC)CCC(OC(C)COC)C1. The van der Waals surface area contributed by atoms with Crippen molar-refractivity contribution in [1.29, 1.82) is 0 Å². The minimum Gasteiger partial charge on any atom is -0.468 e. The minimum absolute atomic E-state index is 0.0512. The Morgan fingerprint density at radius 1 is 1.53 bits per heavy atom. The summed E-state index contributed by atoms with van der Waals surface area (Å²) in [7, 11) is 4.86. The van der Waals surface area contributed by atoms with Gasteiger partial charge in [0.15, 0.2) is 0 Å². The molecule has 100 valence electrons. The maximum atomic E-state index is 11.8. The van der Waals surface area contributed by atoms with Crippen molar-refractivity contribution in [3.8, 4) is 0 Å². The molecule has 0 aromatic carbocycles. The molecule has 17 heavy (non-hydrogen) atoms. The molecular formula is C12H23NO4. The zero-order valence-electron chi connectivity index (χ0n) is 11.1. The first-order valence-corrected chi connectivity index (χ1v) is 5.99. The van der Waals surface area contributed by atoms with E-state index in [4.69, 9.17) is 14.2 Å². The minimum atomic E-state index is -0.577. The molecule has 0 saturated heterocycles. The Balaban J connectivity index is 2.52. The molecule has 5 heteroatoms. The van der Waals surface area contributed by atoms with Gasteiger partial charge in [0.25, 0.3) is 0 Å². The Bertz CT molecular complexity index is 259. The van der Waals surface area contributed by atoms with Gasteiger partial charge in [0.05, 0.1) is 25.9 Å². The van der Waals surface area contributed by atoms with Crippen LogP contribution in [0.4, 0.5) is 0 Å². The second kappa shape index (κ2) is 6.33. The maximum Gasteiger partial charge on any atom is 0.326 e. The molecule has 1 aliphatic carbocycles. The average molecular weight is 245 g/mol. The van der Waals surface area contributed by atoms with Crippen LogP contribution >= 0.6 is 0 Å². The monoisotopic (exact) mass is 245 g/mol. The Morgan fingerprint density at radius 2 is 2.24 bits per heavy atom. The van der Waals surface area contributed by atoms with Crippen LogP contribution in [0.15, 0.2) is 0 Å². The van der Waals surface area contributed by atoms with Crippen LogP contribution < -0.4 is 5.32 Å². The first-order chi connectivity index (χ1) is 8.07. The molecule has 0 aliphatic heterocycles. The number of carbonyl (C=O) groups excluding carboxylic acids is 1. The summed E-state index contributed by atoms with van der Waals surface area (Å²) in [6.45, 7) is 2.54. The summed E-state index contributed by atoms with van der Waals surface area (Å²) in [6.07, 6.45) is 2.41. The molecule has 1 rings (SSSR count). The Kier molecular flexibility index (Phi) is 5.36. The highest BCUT2D eigenvalue weighted by atomic mass is 16.5. The standard InChI is InChI=1S/C12H23NO4/c1-9(8-15-3)17-10-5-6-12(7-10,13-2)11(14)16-4/h9-10,13H,5-8H2,1-4H3. The van der Waals surface area contributed by atoms with E-state index in [9.17, 15) is 4.79 Å². The van der Waals surface area contributed by atoms with Crippen molar-refractivity contribution in [3.63, 3.8) is 0 Å².